The van der Waals surface area contributed by atoms with E-state index in [1.54, 1.807) is 0 Å². The van der Waals surface area contributed by atoms with Crippen molar-refractivity contribution in [3.05, 3.63) is 17.8 Å². The molecule has 0 amide bonds. The SMILES string of the molecule is COC(=O)c1cnc(C2CCC(O)CC2)o1. The molecule has 0 radical (unpaired) electrons. The van der Waals surface area contributed by atoms with Crippen molar-refractivity contribution in [3.63, 3.8) is 0 Å². The van der Waals surface area contributed by atoms with Crippen molar-refractivity contribution >= 4 is 5.97 Å². The number of aliphatic hydroxyl groups excluding tert-OH is 1. The molecular formula is C11H15NO4. The van der Waals surface area contributed by atoms with Crippen LogP contribution < -0.4 is 0 Å². The molecule has 1 aliphatic rings. The van der Waals surface area contributed by atoms with E-state index in [9.17, 15) is 9.90 Å². The molecule has 0 atom stereocenters. The maximum absolute atomic E-state index is 11.2. The Kier molecular flexibility index (Phi) is 3.24. The molecule has 16 heavy (non-hydrogen) atoms. The molecule has 5 heteroatoms. The standard InChI is InChI=1S/C11H15NO4/c1-15-11(14)9-6-12-10(16-9)7-2-4-8(13)5-3-7/h6-8,13H,2-5H2,1H3. The fraction of sp³-hybridized carbons (Fsp3) is 0.636. The number of nitrogens with zero attached hydrogens (tertiary/aromatic N) is 1. The minimum absolute atomic E-state index is 0.142. The zero-order chi connectivity index (χ0) is 11.5. The summed E-state index contributed by atoms with van der Waals surface area (Å²) in [6.07, 6.45) is 4.42. The fourth-order valence-electron chi connectivity index (χ4n) is 1.99. The molecule has 2 rings (SSSR count). The van der Waals surface area contributed by atoms with Crippen LogP contribution in [0, 0.1) is 0 Å². The van der Waals surface area contributed by atoms with E-state index in [1.165, 1.54) is 13.3 Å². The minimum atomic E-state index is -0.505. The van der Waals surface area contributed by atoms with Gasteiger partial charge in [0.05, 0.1) is 19.4 Å². The third kappa shape index (κ3) is 2.24. The number of ether oxygens (including phenoxy) is 1. The summed E-state index contributed by atoms with van der Waals surface area (Å²) in [5.74, 6) is 0.423. The van der Waals surface area contributed by atoms with Crippen molar-refractivity contribution in [1.29, 1.82) is 0 Å². The van der Waals surface area contributed by atoms with Crippen LogP contribution in [0.5, 0.6) is 0 Å². The van der Waals surface area contributed by atoms with E-state index in [2.05, 4.69) is 9.72 Å². The average Bonchev–Trinajstić information content (AvgIpc) is 2.78. The van der Waals surface area contributed by atoms with Crippen molar-refractivity contribution in [2.24, 2.45) is 0 Å². The first-order chi connectivity index (χ1) is 7.70. The number of hydrogen-bond donors (Lipinski definition) is 1. The van der Waals surface area contributed by atoms with Gasteiger partial charge in [-0.05, 0) is 25.7 Å². The topological polar surface area (TPSA) is 72.6 Å². The van der Waals surface area contributed by atoms with Crippen molar-refractivity contribution in [2.45, 2.75) is 37.7 Å². The smallest absolute Gasteiger partial charge is 0.375 e. The maximum Gasteiger partial charge on any atom is 0.375 e. The molecule has 1 saturated carbocycles. The van der Waals surface area contributed by atoms with E-state index in [0.717, 1.165) is 25.7 Å². The summed E-state index contributed by atoms with van der Waals surface area (Å²) >= 11 is 0. The van der Waals surface area contributed by atoms with Crippen molar-refractivity contribution in [3.8, 4) is 0 Å². The summed E-state index contributed by atoms with van der Waals surface area (Å²) in [7, 11) is 1.31. The van der Waals surface area contributed by atoms with Crippen LogP contribution in [0.2, 0.25) is 0 Å². The van der Waals surface area contributed by atoms with Gasteiger partial charge in [0, 0.05) is 5.92 Å². The van der Waals surface area contributed by atoms with Gasteiger partial charge in [0.25, 0.3) is 0 Å². The quantitative estimate of drug-likeness (QED) is 0.772. The third-order valence-electron chi connectivity index (χ3n) is 2.96. The Labute approximate surface area is 93.4 Å². The Bertz CT molecular complexity index is 366. The first-order valence-corrected chi connectivity index (χ1v) is 5.43. The zero-order valence-corrected chi connectivity index (χ0v) is 9.18. The molecule has 1 N–H and O–H groups in total. The van der Waals surface area contributed by atoms with E-state index < -0.39 is 5.97 Å². The van der Waals surface area contributed by atoms with E-state index >= 15 is 0 Å². The number of carbonyl (C=O) groups is 1. The second-order valence-corrected chi connectivity index (χ2v) is 4.06. The van der Waals surface area contributed by atoms with Crippen LogP contribution in [0.15, 0.2) is 10.6 Å². The summed E-state index contributed by atoms with van der Waals surface area (Å²) in [6.45, 7) is 0. The van der Waals surface area contributed by atoms with Gasteiger partial charge < -0.3 is 14.3 Å². The molecule has 0 bridgehead atoms. The van der Waals surface area contributed by atoms with Gasteiger partial charge in [0.2, 0.25) is 5.76 Å². The summed E-state index contributed by atoms with van der Waals surface area (Å²) < 4.78 is 9.89. The summed E-state index contributed by atoms with van der Waals surface area (Å²) in [5, 5.41) is 9.38. The van der Waals surface area contributed by atoms with Crippen LogP contribution in [0.1, 0.15) is 48.0 Å². The van der Waals surface area contributed by atoms with Gasteiger partial charge in [0.1, 0.15) is 0 Å². The van der Waals surface area contributed by atoms with Crippen LogP contribution in [0.25, 0.3) is 0 Å². The molecule has 1 aromatic rings. The van der Waals surface area contributed by atoms with Crippen molar-refractivity contribution in [1.82, 2.24) is 4.98 Å². The van der Waals surface area contributed by atoms with Crippen molar-refractivity contribution in [2.75, 3.05) is 7.11 Å². The molecule has 1 heterocycles. The van der Waals surface area contributed by atoms with Gasteiger partial charge >= 0.3 is 5.97 Å². The Morgan fingerprint density at radius 1 is 1.50 bits per heavy atom. The number of hydrogen-bond acceptors (Lipinski definition) is 5. The monoisotopic (exact) mass is 225 g/mol. The predicted molar refractivity (Wildman–Crippen MR) is 55.1 cm³/mol. The molecule has 0 spiro atoms. The van der Waals surface area contributed by atoms with Gasteiger partial charge in [-0.1, -0.05) is 0 Å². The minimum Gasteiger partial charge on any atom is -0.463 e. The molecule has 0 aliphatic heterocycles. The van der Waals surface area contributed by atoms with Crippen LogP contribution in [-0.4, -0.2) is 29.3 Å². The summed E-state index contributed by atoms with van der Waals surface area (Å²) in [6, 6.07) is 0. The molecule has 1 fully saturated rings. The predicted octanol–water partition coefficient (Wildman–Crippen LogP) is 1.48. The van der Waals surface area contributed by atoms with Crippen LogP contribution in [0.3, 0.4) is 0 Å². The molecule has 1 aromatic heterocycles. The van der Waals surface area contributed by atoms with E-state index in [1.807, 2.05) is 0 Å². The normalized spacial score (nSPS) is 25.4. The van der Waals surface area contributed by atoms with Gasteiger partial charge in [-0.15, -0.1) is 0 Å². The largest absolute Gasteiger partial charge is 0.463 e. The number of esters is 1. The first kappa shape index (κ1) is 11.1. The molecule has 5 nitrogen and oxygen atoms in total. The van der Waals surface area contributed by atoms with Gasteiger partial charge in [-0.3, -0.25) is 0 Å². The highest BCUT2D eigenvalue weighted by Gasteiger charge is 2.25. The average molecular weight is 225 g/mol. The van der Waals surface area contributed by atoms with E-state index in [0.29, 0.717) is 5.89 Å². The lowest BCUT2D eigenvalue weighted by Crippen LogP contribution is -2.17. The molecule has 88 valence electrons. The molecule has 0 saturated heterocycles. The van der Waals surface area contributed by atoms with Gasteiger partial charge in [-0.25, -0.2) is 9.78 Å². The Morgan fingerprint density at radius 3 is 2.81 bits per heavy atom. The number of methoxy groups -OCH3 is 1. The Morgan fingerprint density at radius 2 is 2.19 bits per heavy atom. The number of aliphatic hydroxyl groups is 1. The van der Waals surface area contributed by atoms with Crippen molar-refractivity contribution < 1.29 is 19.1 Å². The lowest BCUT2D eigenvalue weighted by molar-refractivity contribution is 0.0559. The lowest BCUT2D eigenvalue weighted by Gasteiger charge is -2.22. The van der Waals surface area contributed by atoms with E-state index in [4.69, 9.17) is 4.42 Å². The highest BCUT2D eigenvalue weighted by molar-refractivity contribution is 5.85. The van der Waals surface area contributed by atoms with Gasteiger partial charge in [-0.2, -0.15) is 0 Å². The van der Waals surface area contributed by atoms with Crippen LogP contribution >= 0.6 is 0 Å². The molecule has 0 aromatic carbocycles. The molecular weight excluding hydrogens is 210 g/mol. The lowest BCUT2D eigenvalue weighted by atomic mass is 9.87. The third-order valence-corrected chi connectivity index (χ3v) is 2.96. The molecule has 1 aliphatic carbocycles. The second kappa shape index (κ2) is 4.65. The second-order valence-electron chi connectivity index (χ2n) is 4.06. The maximum atomic E-state index is 11.2. The summed E-state index contributed by atoms with van der Waals surface area (Å²) in [4.78, 5) is 15.3. The number of carbonyl (C=O) groups excluding carboxylic acids is 1. The first-order valence-electron chi connectivity index (χ1n) is 5.43. The van der Waals surface area contributed by atoms with Crippen LogP contribution in [-0.2, 0) is 4.74 Å². The van der Waals surface area contributed by atoms with Gasteiger partial charge in [0.15, 0.2) is 5.89 Å². The fourth-order valence-corrected chi connectivity index (χ4v) is 1.99. The highest BCUT2D eigenvalue weighted by Crippen LogP contribution is 2.32. The Hall–Kier alpha value is -1.36. The number of rotatable bonds is 2. The summed E-state index contributed by atoms with van der Waals surface area (Å²) in [5.41, 5.74) is 0. The zero-order valence-electron chi connectivity index (χ0n) is 9.18. The highest BCUT2D eigenvalue weighted by atomic mass is 16.5. The van der Waals surface area contributed by atoms with E-state index in [-0.39, 0.29) is 17.8 Å². The molecule has 0 unspecified atom stereocenters. The number of oxazole rings is 1. The van der Waals surface area contributed by atoms with Crippen LogP contribution in [0.4, 0.5) is 0 Å². The Balaban J connectivity index is 2.04. The number of aromatic nitrogens is 1.